The Bertz CT molecular complexity index is 473. The van der Waals surface area contributed by atoms with Crippen LogP contribution in [0.25, 0.3) is 0 Å². The molecule has 2 amide bonds. The third-order valence-corrected chi connectivity index (χ3v) is 3.97. The van der Waals surface area contributed by atoms with Gasteiger partial charge in [0.1, 0.15) is 0 Å². The molecular formula is C14H22N4O2. The Morgan fingerprint density at radius 2 is 2.05 bits per heavy atom. The molecule has 1 aliphatic heterocycles. The van der Waals surface area contributed by atoms with Crippen molar-refractivity contribution in [2.75, 3.05) is 13.1 Å². The maximum Gasteiger partial charge on any atom is 0.317 e. The zero-order chi connectivity index (χ0) is 14.1. The summed E-state index contributed by atoms with van der Waals surface area (Å²) in [5, 5.41) is 6.81. The second-order valence-corrected chi connectivity index (χ2v) is 6.33. The van der Waals surface area contributed by atoms with Crippen molar-refractivity contribution >= 4 is 6.03 Å². The van der Waals surface area contributed by atoms with Crippen molar-refractivity contribution in [3.05, 3.63) is 11.7 Å². The van der Waals surface area contributed by atoms with Crippen molar-refractivity contribution < 1.29 is 9.32 Å². The van der Waals surface area contributed by atoms with Crippen LogP contribution in [0.4, 0.5) is 4.79 Å². The molecule has 0 radical (unpaired) electrons. The van der Waals surface area contributed by atoms with Gasteiger partial charge < -0.3 is 14.7 Å². The Morgan fingerprint density at radius 3 is 2.70 bits per heavy atom. The molecule has 1 saturated carbocycles. The first-order valence-corrected chi connectivity index (χ1v) is 7.47. The normalized spacial score (nSPS) is 26.6. The van der Waals surface area contributed by atoms with Gasteiger partial charge in [-0.1, -0.05) is 19.0 Å². The van der Waals surface area contributed by atoms with E-state index < -0.39 is 0 Å². The average molecular weight is 278 g/mol. The van der Waals surface area contributed by atoms with Crippen molar-refractivity contribution in [2.24, 2.45) is 11.8 Å². The van der Waals surface area contributed by atoms with Gasteiger partial charge in [-0.3, -0.25) is 0 Å². The number of rotatable bonds is 3. The second-order valence-electron chi connectivity index (χ2n) is 6.33. The largest absolute Gasteiger partial charge is 0.337 e. The van der Waals surface area contributed by atoms with Gasteiger partial charge >= 0.3 is 6.03 Å². The fraction of sp³-hybridized carbons (Fsp3) is 0.786. The molecule has 0 bridgehead atoms. The first-order chi connectivity index (χ1) is 9.61. The number of hydrogen-bond donors (Lipinski definition) is 1. The summed E-state index contributed by atoms with van der Waals surface area (Å²) >= 11 is 0. The molecule has 6 heteroatoms. The number of carbonyl (C=O) groups excluding carboxylic acids is 1. The molecule has 6 nitrogen and oxygen atoms in total. The molecule has 2 heterocycles. The lowest BCUT2D eigenvalue weighted by Crippen LogP contribution is -2.47. The van der Waals surface area contributed by atoms with Crippen molar-refractivity contribution in [3.8, 4) is 0 Å². The van der Waals surface area contributed by atoms with Crippen LogP contribution in [0.15, 0.2) is 4.52 Å². The summed E-state index contributed by atoms with van der Waals surface area (Å²) < 4.78 is 5.15. The van der Waals surface area contributed by atoms with Crippen LogP contribution in [0, 0.1) is 11.8 Å². The van der Waals surface area contributed by atoms with Crippen LogP contribution >= 0.6 is 0 Å². The molecule has 1 N–H and O–H groups in total. The monoisotopic (exact) mass is 278 g/mol. The Morgan fingerprint density at radius 1 is 1.35 bits per heavy atom. The average Bonchev–Trinajstić information content (AvgIpc) is 3.14. The topological polar surface area (TPSA) is 71.3 Å². The summed E-state index contributed by atoms with van der Waals surface area (Å²) in [6.07, 6.45) is 3.49. The molecule has 20 heavy (non-hydrogen) atoms. The highest BCUT2D eigenvalue weighted by molar-refractivity contribution is 5.74. The SMILES string of the molecule is CC1CC(C)CN(C(=O)NCc2nc(C3CC3)no2)C1. The maximum atomic E-state index is 12.1. The predicted octanol–water partition coefficient (Wildman–Crippen LogP) is 2.13. The summed E-state index contributed by atoms with van der Waals surface area (Å²) in [5.74, 6) is 2.89. The van der Waals surface area contributed by atoms with E-state index in [-0.39, 0.29) is 6.03 Å². The lowest BCUT2D eigenvalue weighted by Gasteiger charge is -2.34. The molecule has 1 aromatic rings. The predicted molar refractivity (Wildman–Crippen MR) is 73.0 cm³/mol. The third kappa shape index (κ3) is 3.11. The highest BCUT2D eigenvalue weighted by Gasteiger charge is 2.29. The van der Waals surface area contributed by atoms with Crippen LogP contribution in [0.3, 0.4) is 0 Å². The Labute approximate surface area is 118 Å². The summed E-state index contributed by atoms with van der Waals surface area (Å²) in [6, 6.07) is -0.0328. The number of hydrogen-bond acceptors (Lipinski definition) is 4. The lowest BCUT2D eigenvalue weighted by atomic mass is 9.92. The number of aromatic nitrogens is 2. The van der Waals surface area contributed by atoms with Crippen LogP contribution in [0.5, 0.6) is 0 Å². The summed E-state index contributed by atoms with van der Waals surface area (Å²) in [7, 11) is 0. The van der Waals surface area contributed by atoms with Crippen molar-refractivity contribution in [1.29, 1.82) is 0 Å². The number of carbonyl (C=O) groups is 1. The molecule has 0 aromatic carbocycles. The van der Waals surface area contributed by atoms with Gasteiger partial charge in [-0.15, -0.1) is 0 Å². The fourth-order valence-electron chi connectivity index (χ4n) is 2.94. The van der Waals surface area contributed by atoms with E-state index in [0.29, 0.717) is 30.2 Å². The number of piperidine rings is 1. The summed E-state index contributed by atoms with van der Waals surface area (Å²) in [6.45, 7) is 6.35. The number of amides is 2. The Hall–Kier alpha value is -1.59. The third-order valence-electron chi connectivity index (χ3n) is 3.97. The molecular weight excluding hydrogens is 256 g/mol. The number of nitrogens with one attached hydrogen (secondary N) is 1. The zero-order valence-corrected chi connectivity index (χ0v) is 12.1. The van der Waals surface area contributed by atoms with E-state index in [9.17, 15) is 4.79 Å². The minimum absolute atomic E-state index is 0.0328. The van der Waals surface area contributed by atoms with Crippen LogP contribution in [0.1, 0.15) is 50.7 Å². The van der Waals surface area contributed by atoms with E-state index in [2.05, 4.69) is 29.3 Å². The zero-order valence-electron chi connectivity index (χ0n) is 12.1. The van der Waals surface area contributed by atoms with Crippen LogP contribution in [0.2, 0.25) is 0 Å². The molecule has 2 atom stereocenters. The van der Waals surface area contributed by atoms with Crippen LogP contribution < -0.4 is 5.32 Å². The summed E-state index contributed by atoms with van der Waals surface area (Å²) in [5.41, 5.74) is 0. The van der Waals surface area contributed by atoms with Crippen molar-refractivity contribution in [1.82, 2.24) is 20.4 Å². The smallest absolute Gasteiger partial charge is 0.317 e. The van der Waals surface area contributed by atoms with Gasteiger partial charge in [0, 0.05) is 19.0 Å². The highest BCUT2D eigenvalue weighted by atomic mass is 16.5. The molecule has 0 spiro atoms. The van der Waals surface area contributed by atoms with Crippen molar-refractivity contribution in [2.45, 2.75) is 45.6 Å². The molecule has 1 aliphatic carbocycles. The quantitative estimate of drug-likeness (QED) is 0.919. The summed E-state index contributed by atoms with van der Waals surface area (Å²) in [4.78, 5) is 18.3. The van der Waals surface area contributed by atoms with E-state index in [1.54, 1.807) is 0 Å². The Kier molecular flexibility index (Phi) is 3.63. The van der Waals surface area contributed by atoms with Crippen molar-refractivity contribution in [3.63, 3.8) is 0 Å². The maximum absolute atomic E-state index is 12.1. The molecule has 2 fully saturated rings. The second kappa shape index (κ2) is 5.42. The molecule has 2 aliphatic rings. The molecule has 3 rings (SSSR count). The minimum atomic E-state index is -0.0328. The van der Waals surface area contributed by atoms with Gasteiger partial charge in [-0.05, 0) is 31.1 Å². The first kappa shape index (κ1) is 13.4. The number of urea groups is 1. The standard InChI is InChI=1S/C14H22N4O2/c1-9-5-10(2)8-18(7-9)14(19)15-6-12-16-13(17-20-12)11-3-4-11/h9-11H,3-8H2,1-2H3,(H,15,19). The lowest BCUT2D eigenvalue weighted by molar-refractivity contribution is 0.145. The Balaban J connectivity index is 1.50. The van der Waals surface area contributed by atoms with E-state index in [1.165, 1.54) is 6.42 Å². The van der Waals surface area contributed by atoms with Gasteiger partial charge in [-0.25, -0.2) is 4.79 Å². The van der Waals surface area contributed by atoms with Gasteiger partial charge in [0.25, 0.3) is 0 Å². The molecule has 2 unspecified atom stereocenters. The van der Waals surface area contributed by atoms with Gasteiger partial charge in [0.05, 0.1) is 6.54 Å². The fourth-order valence-corrected chi connectivity index (χ4v) is 2.94. The number of likely N-dealkylation sites (tertiary alicyclic amines) is 1. The minimum Gasteiger partial charge on any atom is -0.337 e. The number of nitrogens with zero attached hydrogens (tertiary/aromatic N) is 3. The van der Waals surface area contributed by atoms with E-state index in [1.807, 2.05) is 4.90 Å². The van der Waals surface area contributed by atoms with Gasteiger partial charge in [-0.2, -0.15) is 4.98 Å². The first-order valence-electron chi connectivity index (χ1n) is 7.47. The van der Waals surface area contributed by atoms with E-state index >= 15 is 0 Å². The van der Waals surface area contributed by atoms with Gasteiger partial charge in [0.15, 0.2) is 5.82 Å². The molecule has 110 valence electrons. The molecule has 1 saturated heterocycles. The molecule has 1 aromatic heterocycles. The van der Waals surface area contributed by atoms with Gasteiger partial charge in [0.2, 0.25) is 5.89 Å². The van der Waals surface area contributed by atoms with Crippen LogP contribution in [-0.4, -0.2) is 34.2 Å². The van der Waals surface area contributed by atoms with E-state index in [4.69, 9.17) is 4.52 Å². The van der Waals surface area contributed by atoms with Crippen LogP contribution in [-0.2, 0) is 6.54 Å². The highest BCUT2D eigenvalue weighted by Crippen LogP contribution is 2.38. The van der Waals surface area contributed by atoms with E-state index in [0.717, 1.165) is 31.8 Å².